The van der Waals surface area contributed by atoms with Crippen molar-refractivity contribution >= 4 is 23.8 Å². The molecule has 3 aliphatic rings. The fourth-order valence-corrected chi connectivity index (χ4v) is 5.23. The van der Waals surface area contributed by atoms with Gasteiger partial charge in [-0.3, -0.25) is 14.9 Å². The molecule has 2 amide bonds. The summed E-state index contributed by atoms with van der Waals surface area (Å²) in [7, 11) is 2.85. The van der Waals surface area contributed by atoms with Crippen molar-refractivity contribution in [1.29, 1.82) is 0 Å². The third-order valence-corrected chi connectivity index (χ3v) is 7.11. The number of methoxy groups -OCH3 is 2. The number of carbonyl (C=O) groups excluding carboxylic acids is 2. The highest BCUT2D eigenvalue weighted by Crippen LogP contribution is 2.39. The number of likely N-dealkylation sites (tertiary alicyclic amines) is 1. The summed E-state index contributed by atoms with van der Waals surface area (Å²) in [5.41, 5.74) is -0.243. The van der Waals surface area contributed by atoms with Gasteiger partial charge in [-0.2, -0.15) is 0 Å². The third-order valence-electron chi connectivity index (χ3n) is 7.11. The van der Waals surface area contributed by atoms with E-state index in [0.717, 1.165) is 25.7 Å². The standard InChI is InChI=1S/C24H31N3O7/c1-32-20-14-17(19(27(30)31)15-21(20)33-2)6-7-22(28)25-12-8-18(9-13-25)26-16-24(34-23(26)29)10-4-3-5-11-24/h6-7,14-15,18H,3-5,8-13,16H2,1-2H3. The SMILES string of the molecule is COc1cc(C=CC(=O)N2CCC(N3CC4(CCCCC4)OC3=O)CC2)c([N+](=O)[O-])cc1OC. The van der Waals surface area contributed by atoms with Gasteiger partial charge in [-0.05, 0) is 50.7 Å². The second-order valence-corrected chi connectivity index (χ2v) is 9.15. The molecule has 184 valence electrons. The van der Waals surface area contributed by atoms with E-state index in [1.165, 1.54) is 44.9 Å². The van der Waals surface area contributed by atoms with Gasteiger partial charge in [0.25, 0.3) is 5.69 Å². The summed E-state index contributed by atoms with van der Waals surface area (Å²) in [5, 5.41) is 11.5. The Hall–Kier alpha value is -3.30. The quantitative estimate of drug-likeness (QED) is 0.351. The van der Waals surface area contributed by atoms with E-state index in [2.05, 4.69) is 0 Å². The zero-order valence-corrected chi connectivity index (χ0v) is 19.7. The van der Waals surface area contributed by atoms with Crippen LogP contribution in [0.25, 0.3) is 6.08 Å². The molecular formula is C24H31N3O7. The maximum absolute atomic E-state index is 12.8. The van der Waals surface area contributed by atoms with E-state index in [9.17, 15) is 19.7 Å². The van der Waals surface area contributed by atoms with Gasteiger partial charge < -0.3 is 24.0 Å². The van der Waals surface area contributed by atoms with Crippen molar-refractivity contribution in [3.05, 3.63) is 33.9 Å². The molecule has 10 heteroatoms. The lowest BCUT2D eigenvalue weighted by molar-refractivity contribution is -0.385. The second kappa shape index (κ2) is 9.90. The van der Waals surface area contributed by atoms with Crippen LogP contribution in [0, 0.1) is 10.1 Å². The molecule has 1 saturated carbocycles. The predicted octanol–water partition coefficient (Wildman–Crippen LogP) is 3.77. The Labute approximate surface area is 198 Å². The predicted molar refractivity (Wildman–Crippen MR) is 124 cm³/mol. The van der Waals surface area contributed by atoms with E-state index in [1.54, 1.807) is 4.90 Å². The van der Waals surface area contributed by atoms with Crippen LogP contribution in [0.5, 0.6) is 11.5 Å². The Kier molecular flexibility index (Phi) is 6.95. The average Bonchev–Trinajstić information content (AvgIpc) is 3.17. The van der Waals surface area contributed by atoms with Gasteiger partial charge in [-0.1, -0.05) is 6.42 Å². The van der Waals surface area contributed by atoms with Gasteiger partial charge in [-0.25, -0.2) is 4.79 Å². The van der Waals surface area contributed by atoms with Crippen molar-refractivity contribution in [2.45, 2.75) is 56.6 Å². The third kappa shape index (κ3) is 4.80. The van der Waals surface area contributed by atoms with Crippen LogP contribution in [-0.2, 0) is 9.53 Å². The highest BCUT2D eigenvalue weighted by atomic mass is 16.6. The van der Waals surface area contributed by atoms with Gasteiger partial charge in [0.15, 0.2) is 11.5 Å². The number of hydrogen-bond acceptors (Lipinski definition) is 7. The maximum atomic E-state index is 12.8. The molecule has 0 radical (unpaired) electrons. The van der Waals surface area contributed by atoms with Crippen molar-refractivity contribution < 1.29 is 28.7 Å². The van der Waals surface area contributed by atoms with Crippen molar-refractivity contribution in [3.8, 4) is 11.5 Å². The highest BCUT2D eigenvalue weighted by Gasteiger charge is 2.48. The number of nitrogens with zero attached hydrogens (tertiary/aromatic N) is 3. The van der Waals surface area contributed by atoms with E-state index in [0.29, 0.717) is 38.2 Å². The maximum Gasteiger partial charge on any atom is 0.410 e. The van der Waals surface area contributed by atoms with Crippen molar-refractivity contribution in [2.75, 3.05) is 33.9 Å². The highest BCUT2D eigenvalue weighted by molar-refractivity contribution is 5.92. The van der Waals surface area contributed by atoms with Crippen molar-refractivity contribution in [3.63, 3.8) is 0 Å². The molecule has 0 unspecified atom stereocenters. The second-order valence-electron chi connectivity index (χ2n) is 9.15. The molecule has 1 aromatic carbocycles. The summed E-state index contributed by atoms with van der Waals surface area (Å²) >= 11 is 0. The van der Waals surface area contributed by atoms with Crippen LogP contribution in [0.15, 0.2) is 18.2 Å². The Balaban J connectivity index is 1.38. The lowest BCUT2D eigenvalue weighted by Crippen LogP contribution is -2.47. The number of rotatable bonds is 6. The van der Waals surface area contributed by atoms with Crippen molar-refractivity contribution in [2.24, 2.45) is 0 Å². The first-order chi connectivity index (χ1) is 16.4. The average molecular weight is 474 g/mol. The van der Waals surface area contributed by atoms with E-state index in [4.69, 9.17) is 14.2 Å². The number of ether oxygens (including phenoxy) is 3. The van der Waals surface area contributed by atoms with Gasteiger partial charge in [0.05, 0.1) is 37.3 Å². The molecule has 1 aliphatic carbocycles. The number of hydrogen-bond donors (Lipinski definition) is 0. The van der Waals surface area contributed by atoms with E-state index < -0.39 is 4.92 Å². The van der Waals surface area contributed by atoms with Crippen LogP contribution in [0.3, 0.4) is 0 Å². The number of piperidine rings is 1. The first-order valence-corrected chi connectivity index (χ1v) is 11.7. The van der Waals surface area contributed by atoms with Crippen LogP contribution in [0.4, 0.5) is 10.5 Å². The van der Waals surface area contributed by atoms with Gasteiger partial charge >= 0.3 is 6.09 Å². The van der Waals surface area contributed by atoms with Gasteiger partial charge in [0.1, 0.15) is 5.60 Å². The van der Waals surface area contributed by atoms with Crippen LogP contribution < -0.4 is 9.47 Å². The lowest BCUT2D eigenvalue weighted by Gasteiger charge is -2.36. The lowest BCUT2D eigenvalue weighted by atomic mass is 9.84. The Bertz CT molecular complexity index is 979. The Morgan fingerprint density at radius 3 is 2.41 bits per heavy atom. The molecule has 34 heavy (non-hydrogen) atoms. The minimum absolute atomic E-state index is 0.0637. The topological polar surface area (TPSA) is 111 Å². The van der Waals surface area contributed by atoms with Gasteiger partial charge in [-0.15, -0.1) is 0 Å². The molecule has 0 aromatic heterocycles. The first kappa shape index (κ1) is 23.8. The van der Waals surface area contributed by atoms with Gasteiger partial charge in [0.2, 0.25) is 5.91 Å². The molecule has 2 aliphatic heterocycles. The summed E-state index contributed by atoms with van der Waals surface area (Å²) in [6.45, 7) is 1.67. The molecule has 0 bridgehead atoms. The van der Waals surface area contributed by atoms with E-state index >= 15 is 0 Å². The summed E-state index contributed by atoms with van der Waals surface area (Å²) in [5.74, 6) is 0.361. The summed E-state index contributed by atoms with van der Waals surface area (Å²) < 4.78 is 16.2. The molecule has 1 aromatic rings. The Morgan fingerprint density at radius 1 is 1.15 bits per heavy atom. The number of benzene rings is 1. The number of nitro groups is 1. The number of carbonyl (C=O) groups is 2. The molecular weight excluding hydrogens is 442 g/mol. The summed E-state index contributed by atoms with van der Waals surface area (Å²) in [4.78, 5) is 39.8. The van der Waals surface area contributed by atoms with E-state index in [-0.39, 0.29) is 40.6 Å². The minimum atomic E-state index is -0.522. The monoisotopic (exact) mass is 473 g/mol. The Morgan fingerprint density at radius 2 is 1.79 bits per heavy atom. The fraction of sp³-hybridized carbons (Fsp3) is 0.583. The zero-order chi connectivity index (χ0) is 24.3. The van der Waals surface area contributed by atoms with Crippen molar-refractivity contribution in [1.82, 2.24) is 9.80 Å². The summed E-state index contributed by atoms with van der Waals surface area (Å²) in [6.07, 6.45) is 9.15. The molecule has 2 heterocycles. The molecule has 10 nitrogen and oxygen atoms in total. The molecule has 4 rings (SSSR count). The molecule has 1 spiro atoms. The zero-order valence-electron chi connectivity index (χ0n) is 19.7. The van der Waals surface area contributed by atoms with Crippen LogP contribution in [-0.4, -0.2) is 72.2 Å². The number of nitro benzene ring substituents is 1. The summed E-state index contributed by atoms with van der Waals surface area (Å²) in [6, 6.07) is 2.82. The normalized spacial score (nSPS) is 20.6. The largest absolute Gasteiger partial charge is 0.493 e. The van der Waals surface area contributed by atoms with Crippen LogP contribution >= 0.6 is 0 Å². The van der Waals surface area contributed by atoms with Crippen LogP contribution in [0.2, 0.25) is 0 Å². The van der Waals surface area contributed by atoms with Gasteiger partial charge in [0, 0.05) is 25.2 Å². The van der Waals surface area contributed by atoms with E-state index in [1.807, 2.05) is 4.90 Å². The first-order valence-electron chi connectivity index (χ1n) is 11.7. The minimum Gasteiger partial charge on any atom is -0.493 e. The number of amides is 2. The molecule has 3 fully saturated rings. The van der Waals surface area contributed by atoms with Crippen LogP contribution in [0.1, 0.15) is 50.5 Å². The molecule has 0 atom stereocenters. The molecule has 2 saturated heterocycles. The molecule has 0 N–H and O–H groups in total. The fourth-order valence-electron chi connectivity index (χ4n) is 5.23. The smallest absolute Gasteiger partial charge is 0.410 e.